The molecular weight excluding hydrogens is 451 g/mol. The predicted molar refractivity (Wildman–Crippen MR) is 124 cm³/mol. The third-order valence-corrected chi connectivity index (χ3v) is 7.47. The zero-order chi connectivity index (χ0) is 24.1. The number of nitrogens with one attached hydrogen (secondary N) is 1. The maximum Gasteiger partial charge on any atom is 0.255 e. The van der Waals surface area contributed by atoms with Crippen LogP contribution in [0.25, 0.3) is 11.0 Å². The van der Waals surface area contributed by atoms with Crippen molar-refractivity contribution in [2.75, 3.05) is 13.1 Å². The number of piperidine rings is 2. The van der Waals surface area contributed by atoms with Crippen molar-refractivity contribution in [2.45, 2.75) is 50.7 Å². The van der Waals surface area contributed by atoms with Crippen molar-refractivity contribution in [3.63, 3.8) is 0 Å². The first-order valence-electron chi connectivity index (χ1n) is 12.0. The monoisotopic (exact) mass is 476 g/mol. The molecule has 0 bridgehead atoms. The molecule has 0 spiro atoms. The van der Waals surface area contributed by atoms with Gasteiger partial charge in [0.25, 0.3) is 5.91 Å². The van der Waals surface area contributed by atoms with Gasteiger partial charge in [-0.15, -0.1) is 0 Å². The summed E-state index contributed by atoms with van der Waals surface area (Å²) in [6, 6.07) is 6.09. The highest BCUT2D eigenvalue weighted by Gasteiger charge is 2.41. The van der Waals surface area contributed by atoms with E-state index < -0.39 is 17.8 Å². The Morgan fingerprint density at radius 1 is 1.11 bits per heavy atom. The number of furan rings is 1. The van der Waals surface area contributed by atoms with Crippen molar-refractivity contribution in [2.24, 2.45) is 0 Å². The van der Waals surface area contributed by atoms with Crippen molar-refractivity contribution in [1.29, 1.82) is 0 Å². The lowest BCUT2D eigenvalue weighted by Gasteiger charge is -2.33. The van der Waals surface area contributed by atoms with Crippen molar-refractivity contribution in [1.82, 2.24) is 20.1 Å². The molecule has 3 aromatic rings. The van der Waals surface area contributed by atoms with Crippen LogP contribution in [0.5, 0.6) is 0 Å². The van der Waals surface area contributed by atoms with Crippen LogP contribution in [0.2, 0.25) is 0 Å². The summed E-state index contributed by atoms with van der Waals surface area (Å²) in [7, 11) is 0. The van der Waals surface area contributed by atoms with Crippen molar-refractivity contribution in [3.05, 3.63) is 64.9 Å². The van der Waals surface area contributed by atoms with Gasteiger partial charge in [0.15, 0.2) is 5.58 Å². The standard InChI is InChI=1S/C26H25FN4O4/c27-17-10-19(21-14-31(26(34)20(21)11-17)22-1-2-24(32)29-25(22)33)15-3-6-30(7-4-15)13-18-9-16-5-8-35-23(16)12-28-18/h5,8-12,15,22H,1-4,6-7,13-14H2,(H,29,32,33). The van der Waals surface area contributed by atoms with Gasteiger partial charge in [0, 0.05) is 30.5 Å². The van der Waals surface area contributed by atoms with Crippen LogP contribution in [0, 0.1) is 5.82 Å². The van der Waals surface area contributed by atoms with Crippen LogP contribution in [0.1, 0.15) is 58.8 Å². The lowest BCUT2D eigenvalue weighted by Crippen LogP contribution is -2.52. The average molecular weight is 477 g/mol. The molecule has 2 aromatic heterocycles. The summed E-state index contributed by atoms with van der Waals surface area (Å²) in [5.74, 6) is -1.42. The Morgan fingerprint density at radius 3 is 2.74 bits per heavy atom. The number of benzene rings is 1. The number of pyridine rings is 1. The average Bonchev–Trinajstić information content (AvgIpc) is 3.44. The van der Waals surface area contributed by atoms with Crippen LogP contribution in [0.3, 0.4) is 0 Å². The molecule has 6 rings (SSSR count). The second-order valence-corrected chi connectivity index (χ2v) is 9.61. The number of likely N-dealkylation sites (tertiary alicyclic amines) is 1. The molecule has 8 nitrogen and oxygen atoms in total. The molecule has 1 aromatic carbocycles. The second kappa shape index (κ2) is 8.57. The van der Waals surface area contributed by atoms with E-state index in [0.717, 1.165) is 60.3 Å². The van der Waals surface area contributed by atoms with Gasteiger partial charge in [-0.3, -0.25) is 29.6 Å². The molecule has 35 heavy (non-hydrogen) atoms. The minimum absolute atomic E-state index is 0.134. The number of hydrogen-bond acceptors (Lipinski definition) is 6. The minimum atomic E-state index is -0.703. The molecule has 0 aliphatic carbocycles. The number of hydrogen-bond donors (Lipinski definition) is 1. The van der Waals surface area contributed by atoms with Gasteiger partial charge in [-0.05, 0) is 73.7 Å². The Morgan fingerprint density at radius 2 is 1.94 bits per heavy atom. The van der Waals surface area contributed by atoms with E-state index in [1.165, 1.54) is 11.0 Å². The molecule has 3 aliphatic heterocycles. The van der Waals surface area contributed by atoms with Crippen LogP contribution >= 0.6 is 0 Å². The summed E-state index contributed by atoms with van der Waals surface area (Å²) in [5, 5.41) is 3.35. The van der Waals surface area contributed by atoms with Gasteiger partial charge in [0.2, 0.25) is 11.8 Å². The van der Waals surface area contributed by atoms with Gasteiger partial charge >= 0.3 is 0 Å². The molecule has 1 N–H and O–H groups in total. The Bertz CT molecular complexity index is 1340. The van der Waals surface area contributed by atoms with E-state index in [0.29, 0.717) is 12.0 Å². The summed E-state index contributed by atoms with van der Waals surface area (Å²) in [6.07, 6.45) is 5.58. The fourth-order valence-corrected chi connectivity index (χ4v) is 5.65. The number of aromatic nitrogens is 1. The fraction of sp³-hybridized carbons (Fsp3) is 0.385. The lowest BCUT2D eigenvalue weighted by molar-refractivity contribution is -0.136. The predicted octanol–water partition coefficient (Wildman–Crippen LogP) is 3.11. The molecule has 9 heteroatoms. The van der Waals surface area contributed by atoms with Crippen LogP contribution in [0.4, 0.5) is 4.39 Å². The Hall–Kier alpha value is -3.59. The van der Waals surface area contributed by atoms with Crippen LogP contribution < -0.4 is 5.32 Å². The maximum absolute atomic E-state index is 14.6. The highest BCUT2D eigenvalue weighted by atomic mass is 19.1. The van der Waals surface area contributed by atoms with E-state index >= 15 is 0 Å². The van der Waals surface area contributed by atoms with Crippen molar-refractivity contribution in [3.8, 4) is 0 Å². The number of rotatable bonds is 4. The van der Waals surface area contributed by atoms with Crippen molar-refractivity contribution >= 4 is 28.7 Å². The van der Waals surface area contributed by atoms with Gasteiger partial charge in [0.1, 0.15) is 11.9 Å². The van der Waals surface area contributed by atoms with E-state index in [2.05, 4.69) is 15.2 Å². The Labute approximate surface area is 201 Å². The van der Waals surface area contributed by atoms with Crippen molar-refractivity contribution < 1.29 is 23.2 Å². The summed E-state index contributed by atoms with van der Waals surface area (Å²) < 4.78 is 20.0. The summed E-state index contributed by atoms with van der Waals surface area (Å²) >= 11 is 0. The van der Waals surface area contributed by atoms with E-state index in [-0.39, 0.29) is 30.7 Å². The molecule has 0 radical (unpaired) electrons. The largest absolute Gasteiger partial charge is 0.463 e. The molecule has 1 unspecified atom stereocenters. The summed E-state index contributed by atoms with van der Waals surface area (Å²) in [5.41, 5.74) is 3.76. The summed E-state index contributed by atoms with van der Waals surface area (Å²) in [4.78, 5) is 45.3. The zero-order valence-electron chi connectivity index (χ0n) is 19.1. The molecule has 5 heterocycles. The number of halogens is 1. The minimum Gasteiger partial charge on any atom is -0.463 e. The number of carbonyl (C=O) groups is 3. The SMILES string of the molecule is O=C1CCC(N2Cc3c(cc(F)cc3C3CCN(Cc4cc5ccoc5cn4)CC3)C2=O)C(=O)N1. The van der Waals surface area contributed by atoms with E-state index in [4.69, 9.17) is 4.42 Å². The van der Waals surface area contributed by atoms with E-state index in [9.17, 15) is 18.8 Å². The fourth-order valence-electron chi connectivity index (χ4n) is 5.65. The first-order valence-corrected chi connectivity index (χ1v) is 12.0. The Kier molecular flexibility index (Phi) is 5.36. The molecule has 180 valence electrons. The van der Waals surface area contributed by atoms with E-state index in [1.54, 1.807) is 18.5 Å². The topological polar surface area (TPSA) is 95.8 Å². The van der Waals surface area contributed by atoms with E-state index in [1.807, 2.05) is 12.1 Å². The van der Waals surface area contributed by atoms with Gasteiger partial charge in [0.05, 0.1) is 18.2 Å². The maximum atomic E-state index is 14.6. The van der Waals surface area contributed by atoms with Gasteiger partial charge in [-0.1, -0.05) is 0 Å². The van der Waals surface area contributed by atoms with Crippen LogP contribution in [-0.2, 0) is 22.7 Å². The molecule has 1 atom stereocenters. The number of nitrogens with zero attached hydrogens (tertiary/aromatic N) is 3. The lowest BCUT2D eigenvalue weighted by atomic mass is 9.85. The van der Waals surface area contributed by atoms with Crippen LogP contribution in [0.15, 0.2) is 41.1 Å². The quantitative estimate of drug-likeness (QED) is 0.582. The second-order valence-electron chi connectivity index (χ2n) is 9.61. The molecule has 0 saturated carbocycles. The number of amides is 3. The van der Waals surface area contributed by atoms with Crippen LogP contribution in [-0.4, -0.2) is 51.6 Å². The molecule has 2 fully saturated rings. The zero-order valence-corrected chi connectivity index (χ0v) is 19.1. The molecule has 3 aliphatic rings. The smallest absolute Gasteiger partial charge is 0.255 e. The molecular formula is C26H25FN4O4. The molecule has 3 amide bonds. The van der Waals surface area contributed by atoms with Gasteiger partial charge in [-0.2, -0.15) is 0 Å². The highest BCUT2D eigenvalue weighted by Crippen LogP contribution is 2.38. The third kappa shape index (κ3) is 3.99. The van der Waals surface area contributed by atoms with Gasteiger partial charge in [-0.25, -0.2) is 4.39 Å². The third-order valence-electron chi connectivity index (χ3n) is 7.47. The molecule has 2 saturated heterocycles. The normalized spacial score (nSPS) is 21.6. The first kappa shape index (κ1) is 21.9. The number of carbonyl (C=O) groups excluding carboxylic acids is 3. The number of fused-ring (bicyclic) bond motifs is 2. The number of imide groups is 1. The first-order chi connectivity index (χ1) is 17.0. The highest BCUT2D eigenvalue weighted by molar-refractivity contribution is 6.05. The Balaban J connectivity index is 1.17. The van der Waals surface area contributed by atoms with Gasteiger partial charge < -0.3 is 9.32 Å². The summed E-state index contributed by atoms with van der Waals surface area (Å²) in [6.45, 7) is 2.68.